The van der Waals surface area contributed by atoms with E-state index in [0.717, 1.165) is 17.3 Å². The van der Waals surface area contributed by atoms with Gasteiger partial charge in [0.05, 0.1) is 0 Å². The van der Waals surface area contributed by atoms with E-state index in [9.17, 15) is 0 Å². The van der Waals surface area contributed by atoms with E-state index in [1.165, 1.54) is 11.1 Å². The molecule has 20 heavy (non-hydrogen) atoms. The van der Waals surface area contributed by atoms with Crippen LogP contribution < -0.4 is 5.32 Å². The number of nitrogens with zero attached hydrogens (tertiary/aromatic N) is 1. The summed E-state index contributed by atoms with van der Waals surface area (Å²) in [5, 5.41) is 3.48. The molecule has 0 fully saturated rings. The zero-order valence-corrected chi connectivity index (χ0v) is 13.6. The van der Waals surface area contributed by atoms with Crippen molar-refractivity contribution in [2.24, 2.45) is 0 Å². The number of likely N-dealkylation sites (N-methyl/N-ethyl adjacent to an activating group) is 1. The smallest absolute Gasteiger partial charge is 0.0410 e. The highest BCUT2D eigenvalue weighted by Crippen LogP contribution is 2.25. The van der Waals surface area contributed by atoms with Gasteiger partial charge in [0.2, 0.25) is 0 Å². The lowest BCUT2D eigenvalue weighted by Gasteiger charge is -2.26. The molecular formula is C17H21BrN2. The number of hydrogen-bond donors (Lipinski definition) is 1. The molecule has 2 unspecified atom stereocenters. The van der Waals surface area contributed by atoms with E-state index in [4.69, 9.17) is 0 Å². The highest BCUT2D eigenvalue weighted by molar-refractivity contribution is 9.10. The van der Waals surface area contributed by atoms with Crippen LogP contribution in [-0.2, 0) is 6.42 Å². The summed E-state index contributed by atoms with van der Waals surface area (Å²) in [7, 11) is 2.04. The van der Waals surface area contributed by atoms with Crippen molar-refractivity contribution < 1.29 is 0 Å². The van der Waals surface area contributed by atoms with Gasteiger partial charge in [0.15, 0.2) is 0 Å². The Morgan fingerprint density at radius 3 is 2.55 bits per heavy atom. The molecule has 1 N–H and O–H groups in total. The monoisotopic (exact) mass is 332 g/mol. The summed E-state index contributed by atoms with van der Waals surface area (Å²) >= 11 is 3.49. The lowest BCUT2D eigenvalue weighted by atomic mass is 9.86. The molecule has 3 heteroatoms. The second-order valence-corrected chi connectivity index (χ2v) is 5.95. The van der Waals surface area contributed by atoms with Crippen LogP contribution in [0.3, 0.4) is 0 Å². The number of benzene rings is 1. The number of rotatable bonds is 6. The SMILES string of the molecule is CCC(c1ccccc1)C(Cc1cncc(Br)c1)NC. The molecule has 2 nitrogen and oxygen atoms in total. The molecule has 1 aromatic heterocycles. The van der Waals surface area contributed by atoms with Gasteiger partial charge in [0, 0.05) is 22.9 Å². The fourth-order valence-corrected chi connectivity index (χ4v) is 3.13. The first-order chi connectivity index (χ1) is 9.74. The zero-order valence-electron chi connectivity index (χ0n) is 12.0. The third-order valence-electron chi connectivity index (χ3n) is 3.74. The van der Waals surface area contributed by atoms with Crippen molar-refractivity contribution in [2.45, 2.75) is 31.7 Å². The second-order valence-electron chi connectivity index (χ2n) is 5.04. The predicted molar refractivity (Wildman–Crippen MR) is 88.0 cm³/mol. The van der Waals surface area contributed by atoms with Crippen molar-refractivity contribution in [1.29, 1.82) is 0 Å². The maximum Gasteiger partial charge on any atom is 0.0410 e. The van der Waals surface area contributed by atoms with Crippen LogP contribution in [-0.4, -0.2) is 18.1 Å². The van der Waals surface area contributed by atoms with Crippen LogP contribution in [0.2, 0.25) is 0 Å². The Balaban J connectivity index is 2.18. The van der Waals surface area contributed by atoms with Crippen LogP contribution in [0.5, 0.6) is 0 Å². The highest BCUT2D eigenvalue weighted by Gasteiger charge is 2.20. The molecule has 1 heterocycles. The van der Waals surface area contributed by atoms with Gasteiger partial charge in [-0.1, -0.05) is 37.3 Å². The third-order valence-corrected chi connectivity index (χ3v) is 4.17. The van der Waals surface area contributed by atoms with Crippen LogP contribution in [0.15, 0.2) is 53.3 Å². The second kappa shape index (κ2) is 7.55. The molecular weight excluding hydrogens is 312 g/mol. The van der Waals surface area contributed by atoms with Crippen LogP contribution in [0.25, 0.3) is 0 Å². The van der Waals surface area contributed by atoms with Crippen molar-refractivity contribution in [3.05, 3.63) is 64.4 Å². The van der Waals surface area contributed by atoms with Gasteiger partial charge in [-0.05, 0) is 58.9 Å². The van der Waals surface area contributed by atoms with Gasteiger partial charge in [-0.15, -0.1) is 0 Å². The van der Waals surface area contributed by atoms with Crippen LogP contribution in [0, 0.1) is 0 Å². The molecule has 2 aromatic rings. The topological polar surface area (TPSA) is 24.9 Å². The number of halogens is 1. The zero-order chi connectivity index (χ0) is 14.4. The minimum atomic E-state index is 0.415. The Morgan fingerprint density at radius 1 is 1.20 bits per heavy atom. The Labute approximate surface area is 129 Å². The van der Waals surface area contributed by atoms with Gasteiger partial charge in [-0.2, -0.15) is 0 Å². The molecule has 0 saturated carbocycles. The number of nitrogens with one attached hydrogen (secondary N) is 1. The summed E-state index contributed by atoms with van der Waals surface area (Å²) in [6.45, 7) is 2.25. The molecule has 1 aromatic carbocycles. The average molecular weight is 333 g/mol. The van der Waals surface area contributed by atoms with E-state index in [1.807, 2.05) is 19.4 Å². The van der Waals surface area contributed by atoms with Gasteiger partial charge in [-0.3, -0.25) is 4.98 Å². The van der Waals surface area contributed by atoms with Crippen LogP contribution in [0.4, 0.5) is 0 Å². The van der Waals surface area contributed by atoms with Gasteiger partial charge in [0.1, 0.15) is 0 Å². The first kappa shape index (κ1) is 15.2. The van der Waals surface area contributed by atoms with Gasteiger partial charge < -0.3 is 5.32 Å². The summed E-state index contributed by atoms with van der Waals surface area (Å²) in [6, 6.07) is 13.3. The number of pyridine rings is 1. The number of hydrogen-bond acceptors (Lipinski definition) is 2. The lowest BCUT2D eigenvalue weighted by Crippen LogP contribution is -2.34. The number of aromatic nitrogens is 1. The van der Waals surface area contributed by atoms with E-state index in [-0.39, 0.29) is 0 Å². The van der Waals surface area contributed by atoms with Gasteiger partial charge >= 0.3 is 0 Å². The third kappa shape index (κ3) is 3.90. The summed E-state index contributed by atoms with van der Waals surface area (Å²) in [5.74, 6) is 0.514. The standard InChI is InChI=1S/C17H21BrN2/c1-3-16(14-7-5-4-6-8-14)17(19-2)10-13-9-15(18)12-20-11-13/h4-9,11-12,16-17,19H,3,10H2,1-2H3. The van der Waals surface area contributed by atoms with Crippen LogP contribution in [0.1, 0.15) is 30.4 Å². The largest absolute Gasteiger partial charge is 0.316 e. The maximum absolute atomic E-state index is 4.25. The fourth-order valence-electron chi connectivity index (χ4n) is 2.72. The normalized spacial score (nSPS) is 13.9. The molecule has 0 aliphatic rings. The lowest BCUT2D eigenvalue weighted by molar-refractivity contribution is 0.448. The molecule has 106 valence electrons. The molecule has 2 rings (SSSR count). The summed E-state index contributed by atoms with van der Waals surface area (Å²) < 4.78 is 1.04. The average Bonchev–Trinajstić information content (AvgIpc) is 2.48. The molecule has 0 bridgehead atoms. The first-order valence-electron chi connectivity index (χ1n) is 7.06. The van der Waals surface area contributed by atoms with Crippen molar-refractivity contribution in [3.63, 3.8) is 0 Å². The van der Waals surface area contributed by atoms with E-state index >= 15 is 0 Å². The quantitative estimate of drug-likeness (QED) is 0.858. The Bertz CT molecular complexity index is 528. The predicted octanol–water partition coefficient (Wildman–Crippen LogP) is 4.17. The fraction of sp³-hybridized carbons (Fsp3) is 0.353. The maximum atomic E-state index is 4.25. The minimum Gasteiger partial charge on any atom is -0.316 e. The Morgan fingerprint density at radius 2 is 1.95 bits per heavy atom. The van der Waals surface area contributed by atoms with Gasteiger partial charge in [-0.25, -0.2) is 0 Å². The van der Waals surface area contributed by atoms with Crippen molar-refractivity contribution in [1.82, 2.24) is 10.3 Å². The summed E-state index contributed by atoms with van der Waals surface area (Å²) in [5.41, 5.74) is 2.66. The molecule has 0 saturated heterocycles. The van der Waals surface area contributed by atoms with Crippen LogP contribution >= 0.6 is 15.9 Å². The molecule has 2 atom stereocenters. The van der Waals surface area contributed by atoms with E-state index in [2.05, 4.69) is 69.6 Å². The van der Waals surface area contributed by atoms with Crippen molar-refractivity contribution in [3.8, 4) is 0 Å². The summed E-state index contributed by atoms with van der Waals surface area (Å²) in [6.07, 6.45) is 5.88. The Hall–Kier alpha value is -1.19. The van der Waals surface area contributed by atoms with Crippen molar-refractivity contribution >= 4 is 15.9 Å². The molecule has 0 amide bonds. The molecule has 0 aliphatic carbocycles. The van der Waals surface area contributed by atoms with E-state index < -0.39 is 0 Å². The minimum absolute atomic E-state index is 0.415. The van der Waals surface area contributed by atoms with E-state index in [0.29, 0.717) is 12.0 Å². The highest BCUT2D eigenvalue weighted by atomic mass is 79.9. The van der Waals surface area contributed by atoms with Crippen molar-refractivity contribution in [2.75, 3.05) is 7.05 Å². The summed E-state index contributed by atoms with van der Waals surface area (Å²) in [4.78, 5) is 4.25. The molecule has 0 spiro atoms. The van der Waals surface area contributed by atoms with Gasteiger partial charge in [0.25, 0.3) is 0 Å². The molecule has 0 radical (unpaired) electrons. The Kier molecular flexibility index (Phi) is 5.74. The van der Waals surface area contributed by atoms with E-state index in [1.54, 1.807) is 0 Å². The first-order valence-corrected chi connectivity index (χ1v) is 7.85. The molecule has 0 aliphatic heterocycles.